The Bertz CT molecular complexity index is 686. The molecule has 0 amide bonds. The summed E-state index contributed by atoms with van der Waals surface area (Å²) in [6.07, 6.45) is 0. The Morgan fingerprint density at radius 1 is 0.905 bits per heavy atom. The van der Waals surface area contributed by atoms with Crippen LogP contribution in [0.15, 0.2) is 21.1 Å². The number of nitrogens with zero attached hydrogens (tertiary/aromatic N) is 1. The molecule has 2 rings (SSSR count). The van der Waals surface area contributed by atoms with Gasteiger partial charge < -0.3 is 9.47 Å². The highest BCUT2D eigenvalue weighted by molar-refractivity contribution is 9.11. The van der Waals surface area contributed by atoms with E-state index >= 15 is 0 Å². The maximum atomic E-state index is 13.5. The van der Waals surface area contributed by atoms with Crippen molar-refractivity contribution in [2.45, 2.75) is 0 Å². The second-order valence-corrected chi connectivity index (χ2v) is 5.38. The summed E-state index contributed by atoms with van der Waals surface area (Å²) in [6, 6.07) is 2.77. The minimum Gasteiger partial charge on any atom is -0.496 e. The molecule has 0 aliphatic rings. The quantitative estimate of drug-likeness (QED) is 0.509. The zero-order valence-electron chi connectivity index (χ0n) is 10.2. The van der Waals surface area contributed by atoms with Crippen molar-refractivity contribution in [1.82, 2.24) is 4.98 Å². The topological polar surface area (TPSA) is 31.4 Å². The number of aromatic nitrogens is 1. The molecule has 1 heterocycles. The van der Waals surface area contributed by atoms with Gasteiger partial charge in [-0.15, -0.1) is 0 Å². The molecule has 0 N–H and O–H groups in total. The first-order valence-electron chi connectivity index (χ1n) is 5.26. The van der Waals surface area contributed by atoms with E-state index in [1.165, 1.54) is 19.2 Å². The van der Waals surface area contributed by atoms with Gasteiger partial charge in [0.05, 0.1) is 16.1 Å². The van der Waals surface area contributed by atoms with Gasteiger partial charge >= 0.3 is 0 Å². The number of halogens is 6. The molecule has 0 fully saturated rings. The molecule has 0 bridgehead atoms. The fraction of sp³-hybridized carbons (Fsp3) is 0.0833. The third-order valence-electron chi connectivity index (χ3n) is 2.38. The lowest BCUT2D eigenvalue weighted by atomic mass is 10.3. The molecule has 9 heteroatoms. The van der Waals surface area contributed by atoms with Gasteiger partial charge in [-0.25, -0.2) is 0 Å². The van der Waals surface area contributed by atoms with Gasteiger partial charge in [0.25, 0.3) is 11.9 Å². The van der Waals surface area contributed by atoms with Crippen molar-refractivity contribution < 1.29 is 27.0 Å². The van der Waals surface area contributed by atoms with E-state index in [0.717, 1.165) is 0 Å². The van der Waals surface area contributed by atoms with Gasteiger partial charge in [-0.3, -0.25) is 0 Å². The van der Waals surface area contributed by atoms with Gasteiger partial charge in [-0.2, -0.15) is 22.5 Å². The predicted octanol–water partition coefficient (Wildman–Crippen LogP) is 4.96. The molecule has 0 aliphatic heterocycles. The molecule has 1 aromatic heterocycles. The fourth-order valence-corrected chi connectivity index (χ4v) is 2.30. The lowest BCUT2D eigenvalue weighted by Gasteiger charge is -2.12. The molecule has 0 aliphatic carbocycles. The molecule has 0 unspecified atom stereocenters. The van der Waals surface area contributed by atoms with Gasteiger partial charge in [0, 0.05) is 0 Å². The first-order chi connectivity index (χ1) is 9.85. The van der Waals surface area contributed by atoms with E-state index in [1.54, 1.807) is 0 Å². The molecule has 0 radical (unpaired) electrons. The second kappa shape index (κ2) is 6.18. The average Bonchev–Trinajstić information content (AvgIpc) is 2.44. The van der Waals surface area contributed by atoms with Crippen molar-refractivity contribution in [3.05, 3.63) is 44.6 Å². The molecule has 3 nitrogen and oxygen atoms in total. The third-order valence-corrected chi connectivity index (χ3v) is 3.62. The van der Waals surface area contributed by atoms with E-state index in [1.807, 2.05) is 0 Å². The van der Waals surface area contributed by atoms with Crippen molar-refractivity contribution in [3.63, 3.8) is 0 Å². The zero-order chi connectivity index (χ0) is 15.7. The van der Waals surface area contributed by atoms with E-state index in [2.05, 4.69) is 36.8 Å². The lowest BCUT2D eigenvalue weighted by Crippen LogP contribution is -2.03. The third kappa shape index (κ3) is 3.13. The Morgan fingerprint density at radius 2 is 1.38 bits per heavy atom. The summed E-state index contributed by atoms with van der Waals surface area (Å²) >= 11 is 6.24. The Kier molecular flexibility index (Phi) is 4.72. The molecule has 1 aromatic carbocycles. The maximum Gasteiger partial charge on any atom is 0.255 e. The van der Waals surface area contributed by atoms with Crippen LogP contribution in [0.1, 0.15) is 0 Å². The van der Waals surface area contributed by atoms with Crippen molar-refractivity contribution in [2.24, 2.45) is 0 Å². The minimum absolute atomic E-state index is 0.0783. The van der Waals surface area contributed by atoms with Crippen LogP contribution in [-0.2, 0) is 0 Å². The lowest BCUT2D eigenvalue weighted by molar-refractivity contribution is 0.341. The number of ether oxygens (including phenoxy) is 2. The van der Waals surface area contributed by atoms with Crippen LogP contribution in [0.5, 0.6) is 17.2 Å². The maximum absolute atomic E-state index is 13.5. The first-order valence-corrected chi connectivity index (χ1v) is 6.84. The zero-order valence-corrected chi connectivity index (χ0v) is 13.4. The van der Waals surface area contributed by atoms with Gasteiger partial charge in [-0.1, -0.05) is 0 Å². The van der Waals surface area contributed by atoms with Crippen molar-refractivity contribution in [1.29, 1.82) is 0 Å². The molecule has 21 heavy (non-hydrogen) atoms. The molecule has 0 saturated carbocycles. The summed E-state index contributed by atoms with van der Waals surface area (Å²) in [6.45, 7) is 0. The van der Waals surface area contributed by atoms with Gasteiger partial charge in [0.2, 0.25) is 17.4 Å². The summed E-state index contributed by atoms with van der Waals surface area (Å²) < 4.78 is 63.6. The summed E-state index contributed by atoms with van der Waals surface area (Å²) in [5, 5.41) is 0. The molecule has 2 aromatic rings. The predicted molar refractivity (Wildman–Crippen MR) is 72.5 cm³/mol. The number of pyridine rings is 1. The largest absolute Gasteiger partial charge is 0.496 e. The van der Waals surface area contributed by atoms with Gasteiger partial charge in [0.15, 0.2) is 0 Å². The average molecular weight is 431 g/mol. The minimum atomic E-state index is -1.80. The van der Waals surface area contributed by atoms with E-state index < -0.39 is 29.3 Å². The van der Waals surface area contributed by atoms with E-state index in [9.17, 15) is 17.6 Å². The highest BCUT2D eigenvalue weighted by Gasteiger charge is 2.24. The number of methoxy groups -OCH3 is 1. The smallest absolute Gasteiger partial charge is 0.255 e. The molecule has 112 valence electrons. The molecule has 0 saturated heterocycles. The fourth-order valence-electron chi connectivity index (χ4n) is 1.41. The molecular formula is C12H5Br2F4NO2. The van der Waals surface area contributed by atoms with E-state index in [-0.39, 0.29) is 10.2 Å². The van der Waals surface area contributed by atoms with Crippen molar-refractivity contribution in [3.8, 4) is 17.2 Å². The van der Waals surface area contributed by atoms with Gasteiger partial charge in [0.1, 0.15) is 11.5 Å². The summed E-state index contributed by atoms with van der Waals surface area (Å²) in [5.74, 6) is -7.94. The second-order valence-electron chi connectivity index (χ2n) is 3.67. The number of hydrogen-bond acceptors (Lipinski definition) is 3. The van der Waals surface area contributed by atoms with Crippen molar-refractivity contribution in [2.75, 3.05) is 7.11 Å². The van der Waals surface area contributed by atoms with E-state index in [0.29, 0.717) is 10.2 Å². The molecule has 0 spiro atoms. The van der Waals surface area contributed by atoms with Crippen LogP contribution in [0.2, 0.25) is 0 Å². The van der Waals surface area contributed by atoms with E-state index in [4.69, 9.17) is 9.47 Å². The standard InChI is InChI=1S/C12H5Br2F4NO2/c1-20-6-2-5(14)7(3-4(6)13)21-10-8(15)11(17)19-12(18)9(10)16/h2-3H,1H3. The number of hydrogen-bond donors (Lipinski definition) is 0. The van der Waals surface area contributed by atoms with Crippen LogP contribution in [0.3, 0.4) is 0 Å². The summed E-state index contributed by atoms with van der Waals surface area (Å²) in [5.41, 5.74) is 0. The first kappa shape index (κ1) is 16.0. The van der Waals surface area contributed by atoms with Crippen LogP contribution < -0.4 is 9.47 Å². The van der Waals surface area contributed by atoms with Crippen LogP contribution in [-0.4, -0.2) is 12.1 Å². The highest BCUT2D eigenvalue weighted by atomic mass is 79.9. The molecule has 0 atom stereocenters. The van der Waals surface area contributed by atoms with Crippen LogP contribution in [0.4, 0.5) is 17.6 Å². The number of benzene rings is 1. The monoisotopic (exact) mass is 429 g/mol. The Balaban J connectivity index is 2.51. The number of rotatable bonds is 3. The Morgan fingerprint density at radius 3 is 1.90 bits per heavy atom. The van der Waals surface area contributed by atoms with Crippen LogP contribution in [0.25, 0.3) is 0 Å². The van der Waals surface area contributed by atoms with Crippen molar-refractivity contribution >= 4 is 31.9 Å². The molecular weight excluding hydrogens is 426 g/mol. The van der Waals surface area contributed by atoms with Crippen LogP contribution in [0, 0.1) is 23.5 Å². The Labute approximate surface area is 133 Å². The highest BCUT2D eigenvalue weighted by Crippen LogP contribution is 2.39. The summed E-state index contributed by atoms with van der Waals surface area (Å²) in [7, 11) is 1.42. The SMILES string of the molecule is COc1cc(Br)c(Oc2c(F)c(F)nc(F)c2F)cc1Br. The Hall–Kier alpha value is -1.35. The summed E-state index contributed by atoms with van der Waals surface area (Å²) in [4.78, 5) is 2.44. The normalized spacial score (nSPS) is 10.6. The van der Waals surface area contributed by atoms with Crippen LogP contribution >= 0.6 is 31.9 Å². The van der Waals surface area contributed by atoms with Gasteiger partial charge in [-0.05, 0) is 44.0 Å².